The summed E-state index contributed by atoms with van der Waals surface area (Å²) < 4.78 is 0. The van der Waals surface area contributed by atoms with Crippen molar-refractivity contribution in [2.45, 2.75) is 32.4 Å². The van der Waals surface area contributed by atoms with Crippen molar-refractivity contribution < 1.29 is 0 Å². The number of rotatable bonds is 2. The average Bonchev–Trinajstić information content (AvgIpc) is 2.24. The Morgan fingerprint density at radius 3 is 3.00 bits per heavy atom. The molecule has 0 aromatic heterocycles. The van der Waals surface area contributed by atoms with Crippen LogP contribution < -0.4 is 5.73 Å². The van der Waals surface area contributed by atoms with Crippen LogP contribution in [0.1, 0.15) is 24.0 Å². The lowest BCUT2D eigenvalue weighted by Crippen LogP contribution is -2.42. The Hall–Kier alpha value is -0.570. The summed E-state index contributed by atoms with van der Waals surface area (Å²) in [6.07, 6.45) is 2.38. The van der Waals surface area contributed by atoms with Crippen LogP contribution in [-0.4, -0.2) is 24.0 Å². The van der Waals surface area contributed by atoms with Crippen LogP contribution in [0.25, 0.3) is 0 Å². The fourth-order valence-corrected chi connectivity index (χ4v) is 2.42. The monoisotopic (exact) mass is 238 g/mol. The molecule has 2 rings (SSSR count). The molecule has 2 N–H and O–H groups in total. The van der Waals surface area contributed by atoms with E-state index in [4.69, 9.17) is 17.3 Å². The summed E-state index contributed by atoms with van der Waals surface area (Å²) in [6, 6.07) is 6.61. The van der Waals surface area contributed by atoms with Crippen molar-refractivity contribution in [1.82, 2.24) is 4.90 Å². The Kier molecular flexibility index (Phi) is 3.85. The van der Waals surface area contributed by atoms with E-state index in [0.717, 1.165) is 36.6 Å². The number of hydrogen-bond donors (Lipinski definition) is 1. The van der Waals surface area contributed by atoms with E-state index >= 15 is 0 Å². The Morgan fingerprint density at radius 1 is 1.50 bits per heavy atom. The van der Waals surface area contributed by atoms with E-state index in [1.54, 1.807) is 0 Å². The first-order valence-corrected chi connectivity index (χ1v) is 6.26. The highest BCUT2D eigenvalue weighted by molar-refractivity contribution is 6.31. The van der Waals surface area contributed by atoms with Crippen molar-refractivity contribution in [2.75, 3.05) is 13.1 Å². The molecule has 1 heterocycles. The number of likely N-dealkylation sites (tertiary alicyclic amines) is 1. The molecule has 0 aliphatic carbocycles. The van der Waals surface area contributed by atoms with Crippen LogP contribution in [0.5, 0.6) is 0 Å². The highest BCUT2D eigenvalue weighted by Crippen LogP contribution is 2.18. The van der Waals surface area contributed by atoms with Gasteiger partial charge in [-0.05, 0) is 43.5 Å². The summed E-state index contributed by atoms with van der Waals surface area (Å²) in [6.45, 7) is 5.22. The van der Waals surface area contributed by atoms with E-state index in [-0.39, 0.29) is 0 Å². The zero-order valence-electron chi connectivity index (χ0n) is 9.75. The number of hydrogen-bond acceptors (Lipinski definition) is 2. The number of halogens is 1. The van der Waals surface area contributed by atoms with Gasteiger partial charge in [0, 0.05) is 24.2 Å². The molecule has 0 spiro atoms. The molecule has 2 nitrogen and oxygen atoms in total. The van der Waals surface area contributed by atoms with Gasteiger partial charge >= 0.3 is 0 Å². The Balaban J connectivity index is 2.00. The maximum atomic E-state index is 6.01. The van der Waals surface area contributed by atoms with Gasteiger partial charge in [-0.25, -0.2) is 0 Å². The molecule has 1 fully saturated rings. The molecule has 0 amide bonds. The second-order valence-electron chi connectivity index (χ2n) is 4.72. The van der Waals surface area contributed by atoms with Gasteiger partial charge in [0.2, 0.25) is 0 Å². The molecule has 1 atom stereocenters. The fraction of sp³-hybridized carbons (Fsp3) is 0.538. The Labute approximate surface area is 102 Å². The summed E-state index contributed by atoms with van der Waals surface area (Å²) in [7, 11) is 0. The van der Waals surface area contributed by atoms with Crippen LogP contribution in [-0.2, 0) is 6.54 Å². The molecule has 3 heteroatoms. The van der Waals surface area contributed by atoms with Gasteiger partial charge in [-0.1, -0.05) is 23.7 Å². The lowest BCUT2D eigenvalue weighted by atomic mass is 10.1. The number of piperidine rings is 1. The lowest BCUT2D eigenvalue weighted by molar-refractivity contribution is 0.201. The van der Waals surface area contributed by atoms with Crippen LogP contribution in [0.15, 0.2) is 18.2 Å². The first-order valence-electron chi connectivity index (χ1n) is 5.88. The second-order valence-corrected chi connectivity index (χ2v) is 5.13. The molecule has 0 bridgehead atoms. The lowest BCUT2D eigenvalue weighted by Gasteiger charge is -2.30. The first kappa shape index (κ1) is 11.9. The maximum Gasteiger partial charge on any atom is 0.0435 e. The fourth-order valence-electron chi connectivity index (χ4n) is 2.30. The minimum absolute atomic E-state index is 0.349. The smallest absolute Gasteiger partial charge is 0.0435 e. The van der Waals surface area contributed by atoms with Crippen molar-refractivity contribution in [3.05, 3.63) is 34.3 Å². The summed E-state index contributed by atoms with van der Waals surface area (Å²) in [5, 5.41) is 0.846. The van der Waals surface area contributed by atoms with Crippen molar-refractivity contribution in [1.29, 1.82) is 0 Å². The van der Waals surface area contributed by atoms with Gasteiger partial charge in [0.1, 0.15) is 0 Å². The van der Waals surface area contributed by atoms with Gasteiger partial charge in [0.05, 0.1) is 0 Å². The van der Waals surface area contributed by atoms with Crippen LogP contribution in [0.2, 0.25) is 5.02 Å². The van der Waals surface area contributed by atoms with Gasteiger partial charge in [-0.2, -0.15) is 0 Å². The molecule has 1 aliphatic rings. The Bertz CT molecular complexity index is 365. The third kappa shape index (κ3) is 2.97. The largest absolute Gasteiger partial charge is 0.327 e. The molecule has 0 radical (unpaired) electrons. The van der Waals surface area contributed by atoms with Crippen molar-refractivity contribution in [2.24, 2.45) is 5.73 Å². The van der Waals surface area contributed by atoms with Crippen molar-refractivity contribution in [3.63, 3.8) is 0 Å². The topological polar surface area (TPSA) is 29.3 Å². The van der Waals surface area contributed by atoms with E-state index < -0.39 is 0 Å². The summed E-state index contributed by atoms with van der Waals surface area (Å²) in [4.78, 5) is 2.43. The normalized spacial score (nSPS) is 22.3. The van der Waals surface area contributed by atoms with E-state index in [2.05, 4.69) is 17.0 Å². The minimum Gasteiger partial charge on any atom is -0.327 e. The van der Waals surface area contributed by atoms with Crippen molar-refractivity contribution in [3.8, 4) is 0 Å². The molecule has 88 valence electrons. The maximum absolute atomic E-state index is 6.01. The SMILES string of the molecule is Cc1cc(CN2CCC[C@H](N)C2)ccc1Cl. The van der Waals surface area contributed by atoms with Gasteiger partial charge in [-0.15, -0.1) is 0 Å². The molecule has 1 aromatic carbocycles. The highest BCUT2D eigenvalue weighted by atomic mass is 35.5. The zero-order valence-corrected chi connectivity index (χ0v) is 10.5. The summed E-state index contributed by atoms with van der Waals surface area (Å²) in [5.74, 6) is 0. The first-order chi connectivity index (χ1) is 7.65. The zero-order chi connectivity index (χ0) is 11.5. The highest BCUT2D eigenvalue weighted by Gasteiger charge is 2.16. The van der Waals surface area contributed by atoms with E-state index in [1.807, 2.05) is 13.0 Å². The molecule has 16 heavy (non-hydrogen) atoms. The molecule has 1 saturated heterocycles. The quantitative estimate of drug-likeness (QED) is 0.858. The number of benzene rings is 1. The summed E-state index contributed by atoms with van der Waals surface area (Å²) in [5.41, 5.74) is 8.45. The minimum atomic E-state index is 0.349. The van der Waals surface area contributed by atoms with Crippen LogP contribution in [0.3, 0.4) is 0 Å². The summed E-state index contributed by atoms with van der Waals surface area (Å²) >= 11 is 6.01. The van der Waals surface area contributed by atoms with Crippen molar-refractivity contribution >= 4 is 11.6 Å². The number of nitrogens with two attached hydrogens (primary N) is 1. The van der Waals surface area contributed by atoms with Gasteiger partial charge in [0.25, 0.3) is 0 Å². The van der Waals surface area contributed by atoms with Gasteiger partial charge < -0.3 is 5.73 Å². The van der Waals surface area contributed by atoms with Crippen LogP contribution in [0, 0.1) is 6.92 Å². The van der Waals surface area contributed by atoms with Gasteiger partial charge in [0.15, 0.2) is 0 Å². The van der Waals surface area contributed by atoms with Crippen LogP contribution in [0.4, 0.5) is 0 Å². The molecular weight excluding hydrogens is 220 g/mol. The van der Waals surface area contributed by atoms with Gasteiger partial charge in [-0.3, -0.25) is 4.90 Å². The van der Waals surface area contributed by atoms with E-state index in [0.29, 0.717) is 6.04 Å². The molecule has 1 aliphatic heterocycles. The number of nitrogens with zero attached hydrogens (tertiary/aromatic N) is 1. The van der Waals surface area contributed by atoms with E-state index in [1.165, 1.54) is 12.0 Å². The second kappa shape index (κ2) is 5.17. The average molecular weight is 239 g/mol. The molecule has 0 saturated carbocycles. The van der Waals surface area contributed by atoms with E-state index in [9.17, 15) is 0 Å². The number of aryl methyl sites for hydroxylation is 1. The van der Waals surface area contributed by atoms with Crippen LogP contribution >= 0.6 is 11.6 Å². The Morgan fingerprint density at radius 2 is 2.31 bits per heavy atom. The standard InChI is InChI=1S/C13H19ClN2/c1-10-7-11(4-5-13(10)14)8-16-6-2-3-12(15)9-16/h4-5,7,12H,2-3,6,8-9,15H2,1H3/t12-/m0/s1. The molecular formula is C13H19ClN2. The third-order valence-electron chi connectivity index (χ3n) is 3.17. The molecule has 0 unspecified atom stereocenters. The third-order valence-corrected chi connectivity index (χ3v) is 3.59. The molecule has 1 aromatic rings. The predicted octanol–water partition coefficient (Wildman–Crippen LogP) is 2.57. The predicted molar refractivity (Wildman–Crippen MR) is 68.7 cm³/mol.